The predicted molar refractivity (Wildman–Crippen MR) is 128 cm³/mol. The zero-order valence-corrected chi connectivity index (χ0v) is 19.1. The van der Waals surface area contributed by atoms with Crippen LogP contribution in [0, 0.1) is 20.8 Å². The highest BCUT2D eigenvalue weighted by Crippen LogP contribution is 2.36. The molecule has 0 spiro atoms. The summed E-state index contributed by atoms with van der Waals surface area (Å²) >= 11 is 6.06. The monoisotopic (exact) mass is 446 g/mol. The Morgan fingerprint density at radius 2 is 1.47 bits per heavy atom. The van der Waals surface area contributed by atoms with Crippen LogP contribution in [0.1, 0.15) is 22.3 Å². The number of aryl methyl sites for hydroxylation is 3. The van der Waals surface area contributed by atoms with Gasteiger partial charge in [0, 0.05) is 5.02 Å². The molecule has 32 heavy (non-hydrogen) atoms. The zero-order chi connectivity index (χ0) is 23.0. The van der Waals surface area contributed by atoms with Gasteiger partial charge in [0.15, 0.2) is 0 Å². The lowest BCUT2D eigenvalue weighted by Crippen LogP contribution is -2.32. The Labute approximate surface area is 192 Å². The van der Waals surface area contributed by atoms with E-state index in [2.05, 4.69) is 5.32 Å². The summed E-state index contributed by atoms with van der Waals surface area (Å²) in [5.41, 5.74) is 5.16. The number of rotatable bonds is 5. The van der Waals surface area contributed by atoms with Crippen LogP contribution in [-0.4, -0.2) is 18.9 Å². The van der Waals surface area contributed by atoms with Crippen LogP contribution in [-0.2, 0) is 9.59 Å². The number of halogens is 1. The molecule has 0 saturated carbocycles. The van der Waals surface area contributed by atoms with Gasteiger partial charge in [0.25, 0.3) is 11.8 Å². The van der Waals surface area contributed by atoms with E-state index in [0.29, 0.717) is 27.7 Å². The van der Waals surface area contributed by atoms with E-state index in [1.165, 1.54) is 4.90 Å². The standard InChI is InChI=1S/C26H23ClN2O3/c1-15-5-10-22(32-4)21(14-15)28-24-23(18-6-8-19(27)9-7-18)25(30)29(26(24)31)20-12-16(2)11-17(3)13-20/h5-14,28H,1-4H3. The van der Waals surface area contributed by atoms with Crippen molar-refractivity contribution in [1.29, 1.82) is 0 Å². The Hall–Kier alpha value is -3.57. The number of amides is 2. The first kappa shape index (κ1) is 21.7. The fourth-order valence-electron chi connectivity index (χ4n) is 3.90. The number of nitrogens with zero attached hydrogens (tertiary/aromatic N) is 1. The molecule has 1 heterocycles. The summed E-state index contributed by atoms with van der Waals surface area (Å²) in [4.78, 5) is 28.4. The molecule has 6 heteroatoms. The minimum absolute atomic E-state index is 0.195. The van der Waals surface area contributed by atoms with Gasteiger partial charge in [-0.2, -0.15) is 0 Å². The smallest absolute Gasteiger partial charge is 0.282 e. The van der Waals surface area contributed by atoms with Gasteiger partial charge in [-0.3, -0.25) is 9.59 Å². The lowest BCUT2D eigenvalue weighted by molar-refractivity contribution is -0.120. The fraction of sp³-hybridized carbons (Fsp3) is 0.154. The van der Waals surface area contributed by atoms with Crippen LogP contribution in [0.25, 0.3) is 5.57 Å². The summed E-state index contributed by atoms with van der Waals surface area (Å²) in [7, 11) is 1.56. The number of benzene rings is 3. The zero-order valence-electron chi connectivity index (χ0n) is 18.3. The summed E-state index contributed by atoms with van der Waals surface area (Å²) < 4.78 is 5.46. The van der Waals surface area contributed by atoms with Crippen molar-refractivity contribution in [3.05, 3.63) is 93.6 Å². The number of hydrogen-bond acceptors (Lipinski definition) is 4. The number of hydrogen-bond donors (Lipinski definition) is 1. The maximum absolute atomic E-state index is 13.6. The van der Waals surface area contributed by atoms with E-state index in [1.54, 1.807) is 31.4 Å². The second-order valence-corrected chi connectivity index (χ2v) is 8.31. The molecular weight excluding hydrogens is 424 g/mol. The second kappa shape index (κ2) is 8.52. The molecule has 0 bridgehead atoms. The molecule has 1 aliphatic heterocycles. The Morgan fingerprint density at radius 1 is 0.812 bits per heavy atom. The third-order valence-corrected chi connectivity index (χ3v) is 5.55. The summed E-state index contributed by atoms with van der Waals surface area (Å²) in [6.45, 7) is 5.82. The van der Waals surface area contributed by atoms with Crippen molar-refractivity contribution < 1.29 is 14.3 Å². The molecule has 1 aliphatic rings. The van der Waals surface area contributed by atoms with Crippen LogP contribution in [0.4, 0.5) is 11.4 Å². The van der Waals surface area contributed by atoms with Gasteiger partial charge in [0.1, 0.15) is 11.4 Å². The average Bonchev–Trinajstić information content (AvgIpc) is 2.98. The minimum atomic E-state index is -0.423. The highest BCUT2D eigenvalue weighted by atomic mass is 35.5. The summed E-state index contributed by atoms with van der Waals surface area (Å²) in [6.07, 6.45) is 0. The molecule has 3 aromatic carbocycles. The number of anilines is 2. The maximum atomic E-state index is 13.6. The first-order valence-electron chi connectivity index (χ1n) is 10.2. The number of nitrogens with one attached hydrogen (secondary N) is 1. The van der Waals surface area contributed by atoms with Gasteiger partial charge in [-0.15, -0.1) is 0 Å². The van der Waals surface area contributed by atoms with Crippen molar-refractivity contribution >= 4 is 40.4 Å². The quantitative estimate of drug-likeness (QED) is 0.513. The molecule has 0 radical (unpaired) electrons. The molecule has 2 amide bonds. The number of carbonyl (C=O) groups excluding carboxylic acids is 2. The van der Waals surface area contributed by atoms with Crippen molar-refractivity contribution in [3.63, 3.8) is 0 Å². The summed E-state index contributed by atoms with van der Waals surface area (Å²) in [5.74, 6) is -0.242. The van der Waals surface area contributed by atoms with Gasteiger partial charge in [0.2, 0.25) is 0 Å². The molecule has 4 rings (SSSR count). The van der Waals surface area contributed by atoms with Crippen molar-refractivity contribution in [2.75, 3.05) is 17.3 Å². The molecule has 162 valence electrons. The van der Waals surface area contributed by atoms with E-state index in [0.717, 1.165) is 16.7 Å². The molecule has 5 nitrogen and oxygen atoms in total. The molecular formula is C26H23ClN2O3. The summed E-state index contributed by atoms with van der Waals surface area (Å²) in [5, 5.41) is 3.73. The third-order valence-electron chi connectivity index (χ3n) is 5.30. The van der Waals surface area contributed by atoms with Gasteiger partial charge in [-0.25, -0.2) is 4.90 Å². The second-order valence-electron chi connectivity index (χ2n) is 7.88. The van der Waals surface area contributed by atoms with E-state index >= 15 is 0 Å². The highest BCUT2D eigenvalue weighted by Gasteiger charge is 2.40. The molecule has 0 saturated heterocycles. The van der Waals surface area contributed by atoms with Crippen molar-refractivity contribution in [2.45, 2.75) is 20.8 Å². The SMILES string of the molecule is COc1ccc(C)cc1NC1=C(c2ccc(Cl)cc2)C(=O)N(c2cc(C)cc(C)c2)C1=O. The van der Waals surface area contributed by atoms with Crippen LogP contribution < -0.4 is 15.0 Å². The average molecular weight is 447 g/mol. The van der Waals surface area contributed by atoms with E-state index in [4.69, 9.17) is 16.3 Å². The Kier molecular flexibility index (Phi) is 5.76. The molecule has 0 unspecified atom stereocenters. The largest absolute Gasteiger partial charge is 0.495 e. The first-order chi connectivity index (χ1) is 15.3. The lowest BCUT2D eigenvalue weighted by atomic mass is 10.0. The fourth-order valence-corrected chi connectivity index (χ4v) is 4.02. The number of ether oxygens (including phenoxy) is 1. The van der Waals surface area contributed by atoms with Gasteiger partial charge >= 0.3 is 0 Å². The van der Waals surface area contributed by atoms with Crippen LogP contribution >= 0.6 is 11.6 Å². The van der Waals surface area contributed by atoms with E-state index in [9.17, 15) is 9.59 Å². The molecule has 0 aliphatic carbocycles. The van der Waals surface area contributed by atoms with Gasteiger partial charge in [-0.05, 0) is 79.4 Å². The maximum Gasteiger partial charge on any atom is 0.282 e. The normalized spacial score (nSPS) is 13.7. The van der Waals surface area contributed by atoms with Crippen LogP contribution in [0.5, 0.6) is 5.75 Å². The highest BCUT2D eigenvalue weighted by molar-refractivity contribution is 6.46. The number of carbonyl (C=O) groups is 2. The Morgan fingerprint density at radius 3 is 2.09 bits per heavy atom. The molecule has 0 atom stereocenters. The third kappa shape index (κ3) is 3.99. The van der Waals surface area contributed by atoms with Gasteiger partial charge in [-0.1, -0.05) is 35.9 Å². The number of imide groups is 1. The van der Waals surface area contributed by atoms with Crippen molar-refractivity contribution in [1.82, 2.24) is 0 Å². The van der Waals surface area contributed by atoms with E-state index < -0.39 is 11.8 Å². The van der Waals surface area contributed by atoms with Crippen LogP contribution in [0.15, 0.2) is 66.4 Å². The minimum Gasteiger partial charge on any atom is -0.495 e. The van der Waals surface area contributed by atoms with E-state index in [1.807, 2.05) is 57.2 Å². The van der Waals surface area contributed by atoms with Crippen molar-refractivity contribution in [2.24, 2.45) is 0 Å². The lowest BCUT2D eigenvalue weighted by Gasteiger charge is -2.17. The molecule has 3 aromatic rings. The summed E-state index contributed by atoms with van der Waals surface area (Å²) in [6, 6.07) is 18.2. The van der Waals surface area contributed by atoms with Gasteiger partial charge < -0.3 is 10.1 Å². The van der Waals surface area contributed by atoms with Crippen LogP contribution in [0.3, 0.4) is 0 Å². The first-order valence-corrected chi connectivity index (χ1v) is 10.5. The van der Waals surface area contributed by atoms with Crippen molar-refractivity contribution in [3.8, 4) is 5.75 Å². The Bertz CT molecular complexity index is 1240. The van der Waals surface area contributed by atoms with E-state index in [-0.39, 0.29) is 11.3 Å². The molecule has 1 N–H and O–H groups in total. The predicted octanol–water partition coefficient (Wildman–Crippen LogP) is 5.67. The van der Waals surface area contributed by atoms with Gasteiger partial charge in [0.05, 0.1) is 24.1 Å². The molecule has 0 aromatic heterocycles. The Balaban J connectivity index is 1.87. The number of methoxy groups -OCH3 is 1. The molecule has 0 fully saturated rings. The van der Waals surface area contributed by atoms with Crippen LogP contribution in [0.2, 0.25) is 5.02 Å². The topological polar surface area (TPSA) is 58.6 Å².